The van der Waals surface area contributed by atoms with E-state index in [1.54, 1.807) is 6.92 Å². The number of carbonyl (C=O) groups excluding carboxylic acids is 1. The zero-order valence-corrected chi connectivity index (χ0v) is 5.06. The van der Waals surface area contributed by atoms with Gasteiger partial charge in [-0.25, -0.2) is 0 Å². The molecule has 0 amide bonds. The number of Topliss-reactive ketones (excluding diaryl/α,β-unsaturated/α-hetero) is 1. The molecule has 3 heteroatoms. The van der Waals surface area contributed by atoms with E-state index in [2.05, 4.69) is 0 Å². The fourth-order valence-corrected chi connectivity index (χ4v) is 0.278. The Morgan fingerprint density at radius 1 is 1.50 bits per heavy atom. The molecule has 0 aliphatic rings. The summed E-state index contributed by atoms with van der Waals surface area (Å²) >= 11 is 0. The van der Waals surface area contributed by atoms with Crippen LogP contribution < -0.4 is 5.73 Å². The van der Waals surface area contributed by atoms with Gasteiger partial charge in [0.15, 0.2) is 0 Å². The molecule has 0 aliphatic carbocycles. The van der Waals surface area contributed by atoms with Gasteiger partial charge in [0.2, 0.25) is 0 Å². The van der Waals surface area contributed by atoms with Crippen molar-refractivity contribution in [1.29, 1.82) is 0 Å². The molecular formula is C5H8BNO. The van der Waals surface area contributed by atoms with Gasteiger partial charge in [-0.1, -0.05) is 0 Å². The number of rotatable bonds is 1. The molecule has 2 radical (unpaired) electrons. The van der Waals surface area contributed by atoms with Crippen LogP contribution in [0.5, 0.6) is 0 Å². The van der Waals surface area contributed by atoms with E-state index in [0.29, 0.717) is 5.70 Å². The van der Waals surface area contributed by atoms with E-state index >= 15 is 0 Å². The zero-order chi connectivity index (χ0) is 6.73. The molecule has 0 fully saturated rings. The van der Waals surface area contributed by atoms with E-state index < -0.39 is 0 Å². The predicted molar refractivity (Wildman–Crippen MR) is 33.3 cm³/mol. The lowest BCUT2D eigenvalue weighted by molar-refractivity contribution is -0.113. The Bertz CT molecular complexity index is 135. The molecule has 0 heterocycles. The highest BCUT2D eigenvalue weighted by molar-refractivity contribution is 6.36. The molecule has 2 N–H and O–H groups in total. The molecule has 2 nitrogen and oxygen atoms in total. The van der Waals surface area contributed by atoms with Crippen LogP contribution in [-0.2, 0) is 4.79 Å². The van der Waals surface area contributed by atoms with Crippen LogP contribution in [0.1, 0.15) is 13.8 Å². The van der Waals surface area contributed by atoms with E-state index in [4.69, 9.17) is 13.6 Å². The van der Waals surface area contributed by atoms with Crippen molar-refractivity contribution in [2.75, 3.05) is 0 Å². The molecule has 0 aromatic rings. The molecule has 0 aromatic carbocycles. The van der Waals surface area contributed by atoms with Crippen molar-refractivity contribution in [3.05, 3.63) is 11.2 Å². The van der Waals surface area contributed by atoms with Gasteiger partial charge in [0.1, 0.15) is 13.6 Å². The summed E-state index contributed by atoms with van der Waals surface area (Å²) in [7, 11) is 5.16. The van der Waals surface area contributed by atoms with E-state index in [1.807, 2.05) is 0 Å². The van der Waals surface area contributed by atoms with Crippen molar-refractivity contribution in [3.8, 4) is 0 Å². The van der Waals surface area contributed by atoms with E-state index in [0.717, 1.165) is 0 Å². The van der Waals surface area contributed by atoms with Crippen LogP contribution in [0.25, 0.3) is 0 Å². The Balaban J connectivity index is 4.23. The number of hydrogen-bond donors (Lipinski definition) is 1. The van der Waals surface area contributed by atoms with Crippen molar-refractivity contribution >= 4 is 13.6 Å². The largest absolute Gasteiger partial charge is 0.403 e. The van der Waals surface area contributed by atoms with Gasteiger partial charge in [0.05, 0.1) is 0 Å². The first kappa shape index (κ1) is 7.27. The lowest BCUT2D eigenvalue weighted by Crippen LogP contribution is -2.05. The number of carbonyl (C=O) groups is 1. The molecular weight excluding hydrogens is 101 g/mol. The van der Waals surface area contributed by atoms with E-state index in [9.17, 15) is 4.79 Å². The summed E-state index contributed by atoms with van der Waals surface area (Å²) in [6.45, 7) is 2.97. The first-order chi connectivity index (χ1) is 3.55. The molecule has 0 aliphatic heterocycles. The van der Waals surface area contributed by atoms with Gasteiger partial charge >= 0.3 is 0 Å². The van der Waals surface area contributed by atoms with Gasteiger partial charge in [-0.15, -0.1) is 0 Å². The second kappa shape index (κ2) is 2.55. The molecule has 0 spiro atoms. The fourth-order valence-electron chi connectivity index (χ4n) is 0.278. The quantitative estimate of drug-likeness (QED) is 0.378. The van der Waals surface area contributed by atoms with Crippen LogP contribution in [0.2, 0.25) is 0 Å². The lowest BCUT2D eigenvalue weighted by atomic mass is 9.91. The minimum absolute atomic E-state index is 0.157. The summed E-state index contributed by atoms with van der Waals surface area (Å²) < 4.78 is 0. The van der Waals surface area contributed by atoms with Gasteiger partial charge in [0.25, 0.3) is 0 Å². The summed E-state index contributed by atoms with van der Waals surface area (Å²) in [4.78, 5) is 10.3. The smallest absolute Gasteiger partial charge is 0.147 e. The monoisotopic (exact) mass is 109 g/mol. The second-order valence-electron chi connectivity index (χ2n) is 1.65. The minimum Gasteiger partial charge on any atom is -0.403 e. The normalized spacial score (nSPS) is 12.8. The first-order valence-electron chi connectivity index (χ1n) is 2.28. The van der Waals surface area contributed by atoms with Crippen molar-refractivity contribution in [3.63, 3.8) is 0 Å². The van der Waals surface area contributed by atoms with Gasteiger partial charge in [-0.05, 0) is 19.3 Å². The maximum Gasteiger partial charge on any atom is 0.147 e. The SMILES string of the molecule is [B]C(C(C)=O)=C(C)N. The van der Waals surface area contributed by atoms with Crippen molar-refractivity contribution in [2.24, 2.45) is 5.73 Å². The van der Waals surface area contributed by atoms with Crippen LogP contribution in [0.4, 0.5) is 0 Å². The Hall–Kier alpha value is -0.725. The van der Waals surface area contributed by atoms with Crippen molar-refractivity contribution < 1.29 is 4.79 Å². The molecule has 0 rings (SSSR count). The third-order valence-electron chi connectivity index (χ3n) is 0.804. The van der Waals surface area contributed by atoms with Crippen molar-refractivity contribution in [1.82, 2.24) is 0 Å². The van der Waals surface area contributed by atoms with Crippen LogP contribution in [-0.4, -0.2) is 13.6 Å². The van der Waals surface area contributed by atoms with Crippen molar-refractivity contribution in [2.45, 2.75) is 13.8 Å². The van der Waals surface area contributed by atoms with E-state index in [1.165, 1.54) is 6.92 Å². The van der Waals surface area contributed by atoms with Gasteiger partial charge < -0.3 is 5.73 Å². The molecule has 0 bridgehead atoms. The topological polar surface area (TPSA) is 43.1 Å². The molecule has 8 heavy (non-hydrogen) atoms. The first-order valence-corrected chi connectivity index (χ1v) is 2.28. The van der Waals surface area contributed by atoms with Crippen LogP contribution >= 0.6 is 0 Å². The Kier molecular flexibility index (Phi) is 2.32. The summed E-state index contributed by atoms with van der Waals surface area (Å²) in [5.41, 5.74) is 5.71. The molecule has 0 saturated carbocycles. The molecule has 0 saturated heterocycles. The number of allylic oxidation sites excluding steroid dienone is 2. The molecule has 0 unspecified atom stereocenters. The zero-order valence-electron chi connectivity index (χ0n) is 5.06. The number of nitrogens with two attached hydrogens (primary N) is 1. The number of ketones is 1. The third kappa shape index (κ3) is 1.82. The average molecular weight is 109 g/mol. The fraction of sp³-hybridized carbons (Fsp3) is 0.400. The maximum atomic E-state index is 10.3. The standard InChI is InChI=1S/C5H8BNO/c1-3(7)5(6)4(2)8/h7H2,1-2H3. The number of hydrogen-bond acceptors (Lipinski definition) is 2. The van der Waals surface area contributed by atoms with Gasteiger partial charge in [-0.3, -0.25) is 4.79 Å². The summed E-state index contributed by atoms with van der Waals surface area (Å²) in [5.74, 6) is -0.176. The lowest BCUT2D eigenvalue weighted by Gasteiger charge is -1.95. The minimum atomic E-state index is -0.176. The third-order valence-corrected chi connectivity index (χ3v) is 0.804. The molecule has 42 valence electrons. The van der Waals surface area contributed by atoms with Crippen LogP contribution in [0, 0.1) is 0 Å². The van der Waals surface area contributed by atoms with Crippen LogP contribution in [0.3, 0.4) is 0 Å². The second-order valence-corrected chi connectivity index (χ2v) is 1.65. The Morgan fingerprint density at radius 3 is 1.88 bits per heavy atom. The summed E-state index contributed by atoms with van der Waals surface area (Å²) in [6, 6.07) is 0. The Labute approximate surface area is 50.2 Å². The van der Waals surface area contributed by atoms with Gasteiger partial charge in [0, 0.05) is 5.70 Å². The average Bonchev–Trinajstić information content (AvgIpc) is 1.64. The van der Waals surface area contributed by atoms with Crippen LogP contribution in [0.15, 0.2) is 11.2 Å². The maximum absolute atomic E-state index is 10.3. The highest BCUT2D eigenvalue weighted by Gasteiger charge is 1.95. The molecule has 0 atom stereocenters. The highest BCUT2D eigenvalue weighted by atomic mass is 16.1. The highest BCUT2D eigenvalue weighted by Crippen LogP contribution is 1.91. The van der Waals surface area contributed by atoms with E-state index in [-0.39, 0.29) is 11.3 Å². The Morgan fingerprint density at radius 2 is 1.88 bits per heavy atom. The van der Waals surface area contributed by atoms with Gasteiger partial charge in [-0.2, -0.15) is 0 Å². The predicted octanol–water partition coefficient (Wildman–Crippen LogP) is -0.0659. The molecule has 0 aromatic heterocycles. The summed E-state index contributed by atoms with van der Waals surface area (Å²) in [6.07, 6.45) is 0. The summed E-state index contributed by atoms with van der Waals surface area (Å²) in [5, 5.41) is 0.